The molecule has 0 radical (unpaired) electrons. The molecule has 1 N–H and O–H groups in total. The standard InChI is InChI=1S/C18H36IN/c1-2-3-4-5-6-7-8-9-10-11-12-13-14-15-16-17-18-20-19/h9-10,20H,2-8,11-18H2,1H3. The van der Waals surface area contributed by atoms with Crippen LogP contribution >= 0.6 is 22.9 Å². The van der Waals surface area contributed by atoms with Crippen LogP contribution in [0.25, 0.3) is 0 Å². The lowest BCUT2D eigenvalue weighted by Crippen LogP contribution is -1.98. The van der Waals surface area contributed by atoms with Gasteiger partial charge in [-0.05, 0) is 32.1 Å². The van der Waals surface area contributed by atoms with Gasteiger partial charge in [-0.3, -0.25) is 3.53 Å². The number of hydrogen-bond acceptors (Lipinski definition) is 1. The first kappa shape index (κ1) is 20.4. The lowest BCUT2D eigenvalue weighted by atomic mass is 10.1. The predicted molar refractivity (Wildman–Crippen MR) is 101 cm³/mol. The highest BCUT2D eigenvalue weighted by Crippen LogP contribution is 2.09. The Balaban J connectivity index is 3.01. The summed E-state index contributed by atoms with van der Waals surface area (Å²) in [6.07, 6.45) is 24.3. The van der Waals surface area contributed by atoms with Crippen molar-refractivity contribution in [1.29, 1.82) is 0 Å². The molecule has 0 amide bonds. The van der Waals surface area contributed by atoms with E-state index in [1.807, 2.05) is 0 Å². The third-order valence-corrected chi connectivity index (χ3v) is 4.32. The van der Waals surface area contributed by atoms with Crippen molar-refractivity contribution in [3.63, 3.8) is 0 Å². The first-order chi connectivity index (χ1) is 9.91. The average Bonchev–Trinajstić information content (AvgIpc) is 2.47. The molecule has 120 valence electrons. The average molecular weight is 393 g/mol. The van der Waals surface area contributed by atoms with Gasteiger partial charge in [-0.1, -0.05) is 76.9 Å². The van der Waals surface area contributed by atoms with Crippen molar-refractivity contribution in [2.24, 2.45) is 0 Å². The second kappa shape index (κ2) is 19.4. The third kappa shape index (κ3) is 18.4. The van der Waals surface area contributed by atoms with Gasteiger partial charge in [0, 0.05) is 29.4 Å². The fraction of sp³-hybridized carbons (Fsp3) is 0.889. The van der Waals surface area contributed by atoms with Gasteiger partial charge in [0.05, 0.1) is 0 Å². The van der Waals surface area contributed by atoms with Gasteiger partial charge < -0.3 is 0 Å². The van der Waals surface area contributed by atoms with E-state index in [9.17, 15) is 0 Å². The Hall–Kier alpha value is 0.430. The normalized spacial score (nSPS) is 11.5. The SMILES string of the molecule is CCCCCCCCC=CCCCCCCCCNI. The fourth-order valence-electron chi connectivity index (χ4n) is 2.44. The van der Waals surface area contributed by atoms with Crippen LogP contribution in [0.1, 0.15) is 96.8 Å². The molecule has 0 aromatic heterocycles. The zero-order valence-electron chi connectivity index (χ0n) is 13.6. The number of unbranched alkanes of at least 4 members (excludes halogenated alkanes) is 12. The minimum Gasteiger partial charge on any atom is -0.261 e. The second-order valence-electron chi connectivity index (χ2n) is 5.82. The molecule has 0 rings (SSSR count). The molecule has 0 saturated carbocycles. The Morgan fingerprint density at radius 3 is 1.60 bits per heavy atom. The van der Waals surface area contributed by atoms with Crippen molar-refractivity contribution < 1.29 is 0 Å². The molecule has 20 heavy (non-hydrogen) atoms. The molecule has 0 bridgehead atoms. The Kier molecular flexibility index (Phi) is 19.8. The van der Waals surface area contributed by atoms with Crippen molar-refractivity contribution in [2.75, 3.05) is 6.54 Å². The monoisotopic (exact) mass is 393 g/mol. The van der Waals surface area contributed by atoms with Gasteiger partial charge in [-0.2, -0.15) is 0 Å². The van der Waals surface area contributed by atoms with Gasteiger partial charge in [-0.25, -0.2) is 0 Å². The van der Waals surface area contributed by atoms with Gasteiger partial charge in [0.15, 0.2) is 0 Å². The van der Waals surface area contributed by atoms with E-state index in [-0.39, 0.29) is 0 Å². The summed E-state index contributed by atoms with van der Waals surface area (Å²) in [4.78, 5) is 0. The zero-order chi connectivity index (χ0) is 14.7. The molecule has 0 atom stereocenters. The summed E-state index contributed by atoms with van der Waals surface area (Å²) in [7, 11) is 0. The molecule has 0 spiro atoms. The van der Waals surface area contributed by atoms with Crippen LogP contribution in [0.5, 0.6) is 0 Å². The van der Waals surface area contributed by atoms with Crippen LogP contribution in [-0.2, 0) is 0 Å². The Morgan fingerprint density at radius 2 is 1.10 bits per heavy atom. The largest absolute Gasteiger partial charge is 0.261 e. The van der Waals surface area contributed by atoms with Crippen molar-refractivity contribution in [3.8, 4) is 0 Å². The third-order valence-electron chi connectivity index (χ3n) is 3.78. The van der Waals surface area contributed by atoms with Gasteiger partial charge in [0.1, 0.15) is 0 Å². The molecule has 0 heterocycles. The van der Waals surface area contributed by atoms with Crippen LogP contribution < -0.4 is 3.53 Å². The van der Waals surface area contributed by atoms with Gasteiger partial charge in [-0.15, -0.1) is 0 Å². The highest BCUT2D eigenvalue weighted by molar-refractivity contribution is 14.1. The molecular formula is C18H36IN. The van der Waals surface area contributed by atoms with Gasteiger partial charge in [0.25, 0.3) is 0 Å². The van der Waals surface area contributed by atoms with E-state index >= 15 is 0 Å². The lowest BCUT2D eigenvalue weighted by molar-refractivity contribution is 0.596. The van der Waals surface area contributed by atoms with E-state index in [4.69, 9.17) is 0 Å². The smallest absolute Gasteiger partial charge is 0.0169 e. The van der Waals surface area contributed by atoms with Crippen LogP contribution in [0, 0.1) is 0 Å². The van der Waals surface area contributed by atoms with E-state index in [0.717, 1.165) is 0 Å². The van der Waals surface area contributed by atoms with Crippen molar-refractivity contribution in [3.05, 3.63) is 12.2 Å². The van der Waals surface area contributed by atoms with Crippen LogP contribution in [0.3, 0.4) is 0 Å². The Morgan fingerprint density at radius 1 is 0.650 bits per heavy atom. The molecule has 0 saturated heterocycles. The van der Waals surface area contributed by atoms with Crippen LogP contribution in [0.2, 0.25) is 0 Å². The summed E-state index contributed by atoms with van der Waals surface area (Å²) in [5.74, 6) is 0. The topological polar surface area (TPSA) is 12.0 Å². The number of halogens is 1. The summed E-state index contributed by atoms with van der Waals surface area (Å²) >= 11 is 2.23. The van der Waals surface area contributed by atoms with E-state index in [2.05, 4.69) is 45.5 Å². The molecule has 0 aliphatic heterocycles. The second-order valence-corrected chi connectivity index (χ2v) is 6.58. The van der Waals surface area contributed by atoms with E-state index < -0.39 is 0 Å². The highest BCUT2D eigenvalue weighted by Gasteiger charge is 1.91. The molecule has 0 aromatic carbocycles. The van der Waals surface area contributed by atoms with Gasteiger partial charge >= 0.3 is 0 Å². The van der Waals surface area contributed by atoms with Crippen LogP contribution in [0.15, 0.2) is 12.2 Å². The summed E-state index contributed by atoms with van der Waals surface area (Å²) < 4.78 is 3.18. The molecular weight excluding hydrogens is 357 g/mol. The zero-order valence-corrected chi connectivity index (χ0v) is 15.8. The highest BCUT2D eigenvalue weighted by atomic mass is 127. The summed E-state index contributed by atoms with van der Waals surface area (Å²) in [6.45, 7) is 3.45. The molecule has 0 fully saturated rings. The first-order valence-corrected chi connectivity index (χ1v) is 9.98. The molecule has 2 heteroatoms. The molecule has 0 aliphatic carbocycles. The van der Waals surface area contributed by atoms with Crippen molar-refractivity contribution in [2.45, 2.75) is 96.8 Å². The Labute approximate surface area is 141 Å². The quantitative estimate of drug-likeness (QED) is 0.129. The number of hydrogen-bond donors (Lipinski definition) is 1. The van der Waals surface area contributed by atoms with E-state index in [1.165, 1.54) is 96.4 Å². The maximum Gasteiger partial charge on any atom is 0.0169 e. The molecule has 0 aliphatic rings. The maximum atomic E-state index is 3.18. The maximum absolute atomic E-state index is 3.18. The first-order valence-electron chi connectivity index (χ1n) is 8.90. The predicted octanol–water partition coefficient (Wildman–Crippen LogP) is 6.96. The number of allylic oxidation sites excluding steroid dienone is 2. The van der Waals surface area contributed by atoms with Crippen LogP contribution in [-0.4, -0.2) is 6.54 Å². The lowest BCUT2D eigenvalue weighted by Gasteiger charge is -2.00. The van der Waals surface area contributed by atoms with E-state index in [1.54, 1.807) is 0 Å². The minimum absolute atomic E-state index is 1.17. The van der Waals surface area contributed by atoms with Crippen molar-refractivity contribution in [1.82, 2.24) is 3.53 Å². The summed E-state index contributed by atoms with van der Waals surface area (Å²) in [5.41, 5.74) is 0. The molecule has 0 aromatic rings. The number of rotatable bonds is 16. The number of nitrogens with one attached hydrogen (secondary N) is 1. The summed E-state index contributed by atoms with van der Waals surface area (Å²) in [6, 6.07) is 0. The van der Waals surface area contributed by atoms with Crippen molar-refractivity contribution >= 4 is 22.9 Å². The van der Waals surface area contributed by atoms with Gasteiger partial charge in [0.2, 0.25) is 0 Å². The minimum atomic E-state index is 1.17. The Bertz CT molecular complexity index is 192. The van der Waals surface area contributed by atoms with Crippen LogP contribution in [0.4, 0.5) is 0 Å². The van der Waals surface area contributed by atoms with E-state index in [0.29, 0.717) is 0 Å². The molecule has 0 unspecified atom stereocenters. The summed E-state index contributed by atoms with van der Waals surface area (Å²) in [5, 5.41) is 0. The molecule has 1 nitrogen and oxygen atoms in total. The fourth-order valence-corrected chi connectivity index (χ4v) is 2.82.